The summed E-state index contributed by atoms with van der Waals surface area (Å²) in [6.07, 6.45) is 1.16. The Hall–Kier alpha value is -1.40. The van der Waals surface area contributed by atoms with Crippen molar-refractivity contribution in [1.29, 1.82) is 0 Å². The molecule has 0 aliphatic carbocycles. The van der Waals surface area contributed by atoms with Crippen LogP contribution in [0.2, 0.25) is 0 Å². The Kier molecular flexibility index (Phi) is 5.71. The number of hydrogen-bond acceptors (Lipinski definition) is 3. The van der Waals surface area contributed by atoms with Gasteiger partial charge in [-0.3, -0.25) is 4.79 Å². The van der Waals surface area contributed by atoms with E-state index in [1.54, 1.807) is 0 Å². The average molecular weight is 353 g/mol. The van der Waals surface area contributed by atoms with Gasteiger partial charge in [0.2, 0.25) is 15.9 Å². The normalized spacial score (nSPS) is 17.7. The first-order valence-corrected chi connectivity index (χ1v) is 10.0. The molecule has 1 fully saturated rings. The zero-order valence-electron chi connectivity index (χ0n) is 15.0. The molecule has 5 nitrogen and oxygen atoms in total. The molecule has 1 N–H and O–H groups in total. The summed E-state index contributed by atoms with van der Waals surface area (Å²) < 4.78 is 26.7. The molecule has 0 bridgehead atoms. The van der Waals surface area contributed by atoms with E-state index in [2.05, 4.69) is 5.32 Å². The highest BCUT2D eigenvalue weighted by Gasteiger charge is 2.32. The van der Waals surface area contributed by atoms with E-state index in [4.69, 9.17) is 0 Å². The number of hydrogen-bond donors (Lipinski definition) is 1. The van der Waals surface area contributed by atoms with Crippen LogP contribution in [0.3, 0.4) is 0 Å². The van der Waals surface area contributed by atoms with E-state index in [9.17, 15) is 13.2 Å². The smallest absolute Gasteiger partial charge is 0.223 e. The predicted octanol–water partition coefficient (Wildman–Crippen LogP) is 2.45. The Morgan fingerprint density at radius 3 is 2.42 bits per heavy atom. The topological polar surface area (TPSA) is 66.5 Å². The summed E-state index contributed by atoms with van der Waals surface area (Å²) in [7, 11) is -3.34. The average Bonchev–Trinajstić information content (AvgIpc) is 2.45. The Bertz CT molecular complexity index is 684. The second-order valence-electron chi connectivity index (χ2n) is 7.66. The van der Waals surface area contributed by atoms with E-state index in [-0.39, 0.29) is 23.1 Å². The summed E-state index contributed by atoms with van der Waals surface area (Å²) in [4.78, 5) is 12.2. The molecule has 1 aromatic rings. The minimum absolute atomic E-state index is 0.0214. The van der Waals surface area contributed by atoms with Gasteiger partial charge in [-0.05, 0) is 46.1 Å². The minimum Gasteiger partial charge on any atom is -0.351 e. The highest BCUT2D eigenvalue weighted by Crippen LogP contribution is 2.22. The van der Waals surface area contributed by atoms with Crippen molar-refractivity contribution >= 4 is 15.9 Å². The molecule has 1 amide bonds. The summed E-state index contributed by atoms with van der Waals surface area (Å²) in [5.41, 5.74) is 1.61. The van der Waals surface area contributed by atoms with Gasteiger partial charge in [0, 0.05) is 24.5 Å². The molecule has 0 spiro atoms. The maximum Gasteiger partial charge on any atom is 0.223 e. The molecule has 1 aliphatic rings. The minimum atomic E-state index is -3.34. The number of carbonyl (C=O) groups excluding carboxylic acids is 1. The standard InChI is InChI=1S/C18H28N2O3S/c1-14-6-5-7-15(12-14)13-24(22,23)20-10-8-16(9-11-20)17(21)19-18(2,3)4/h5-7,12,16H,8-11,13H2,1-4H3,(H,19,21). The molecule has 6 heteroatoms. The summed E-state index contributed by atoms with van der Waals surface area (Å²) in [5, 5.41) is 2.98. The van der Waals surface area contributed by atoms with Crippen molar-refractivity contribution in [1.82, 2.24) is 9.62 Å². The molecule has 0 atom stereocenters. The molecule has 0 unspecified atom stereocenters. The lowest BCUT2D eigenvalue weighted by molar-refractivity contribution is -0.127. The monoisotopic (exact) mass is 352 g/mol. The zero-order chi connectivity index (χ0) is 18.0. The van der Waals surface area contributed by atoms with Gasteiger partial charge in [-0.25, -0.2) is 12.7 Å². The molecule has 1 aliphatic heterocycles. The van der Waals surface area contributed by atoms with Crippen molar-refractivity contribution in [3.05, 3.63) is 35.4 Å². The van der Waals surface area contributed by atoms with Crippen molar-refractivity contribution in [2.24, 2.45) is 5.92 Å². The number of aryl methyl sites for hydroxylation is 1. The number of nitrogens with one attached hydrogen (secondary N) is 1. The van der Waals surface area contributed by atoms with Crippen molar-refractivity contribution in [2.75, 3.05) is 13.1 Å². The summed E-state index contributed by atoms with van der Waals surface area (Å²) in [5.74, 6) is -0.0547. The van der Waals surface area contributed by atoms with Crippen LogP contribution < -0.4 is 5.32 Å². The SMILES string of the molecule is Cc1cccc(CS(=O)(=O)N2CCC(C(=O)NC(C)(C)C)CC2)c1. The van der Waals surface area contributed by atoms with E-state index >= 15 is 0 Å². The van der Waals surface area contributed by atoms with Crippen molar-refractivity contribution in [3.8, 4) is 0 Å². The highest BCUT2D eigenvalue weighted by molar-refractivity contribution is 7.88. The maximum atomic E-state index is 12.6. The lowest BCUT2D eigenvalue weighted by Crippen LogP contribution is -2.48. The Morgan fingerprint density at radius 1 is 1.25 bits per heavy atom. The van der Waals surface area contributed by atoms with Gasteiger partial charge in [-0.15, -0.1) is 0 Å². The van der Waals surface area contributed by atoms with Crippen molar-refractivity contribution < 1.29 is 13.2 Å². The van der Waals surface area contributed by atoms with Crippen LogP contribution in [0, 0.1) is 12.8 Å². The summed E-state index contributed by atoms with van der Waals surface area (Å²) in [6, 6.07) is 7.58. The molecule has 1 aromatic carbocycles. The number of amides is 1. The molecule has 2 rings (SSSR count). The number of benzene rings is 1. The van der Waals surface area contributed by atoms with E-state index in [0.717, 1.165) is 11.1 Å². The van der Waals surface area contributed by atoms with Gasteiger partial charge < -0.3 is 5.32 Å². The molecular weight excluding hydrogens is 324 g/mol. The highest BCUT2D eigenvalue weighted by atomic mass is 32.2. The van der Waals surface area contributed by atoms with Gasteiger partial charge in [0.25, 0.3) is 0 Å². The Morgan fingerprint density at radius 2 is 1.88 bits per heavy atom. The quantitative estimate of drug-likeness (QED) is 0.905. The number of carbonyl (C=O) groups is 1. The lowest BCUT2D eigenvalue weighted by Gasteiger charge is -2.32. The third kappa shape index (κ3) is 5.31. The second kappa shape index (κ2) is 7.23. The summed E-state index contributed by atoms with van der Waals surface area (Å²) >= 11 is 0. The second-order valence-corrected chi connectivity index (χ2v) is 9.63. The number of sulfonamides is 1. The van der Waals surface area contributed by atoms with Gasteiger partial charge in [0.05, 0.1) is 5.75 Å². The Balaban J connectivity index is 1.94. The van der Waals surface area contributed by atoms with Crippen LogP contribution in [-0.2, 0) is 20.6 Å². The molecule has 1 saturated heterocycles. The third-order valence-corrected chi connectivity index (χ3v) is 6.00. The van der Waals surface area contributed by atoms with Crippen molar-refractivity contribution in [2.45, 2.75) is 51.8 Å². The Labute approximate surface area is 145 Å². The van der Waals surface area contributed by atoms with Crippen LogP contribution in [0.5, 0.6) is 0 Å². The van der Waals surface area contributed by atoms with Gasteiger partial charge in [-0.1, -0.05) is 29.8 Å². The number of nitrogens with zero attached hydrogens (tertiary/aromatic N) is 1. The number of rotatable bonds is 4. The van der Waals surface area contributed by atoms with E-state index in [1.165, 1.54) is 4.31 Å². The van der Waals surface area contributed by atoms with Crippen LogP contribution in [0.4, 0.5) is 0 Å². The fourth-order valence-corrected chi connectivity index (χ4v) is 4.52. The molecule has 0 saturated carbocycles. The van der Waals surface area contributed by atoms with Crippen LogP contribution >= 0.6 is 0 Å². The largest absolute Gasteiger partial charge is 0.351 e. The van der Waals surface area contributed by atoms with Crippen LogP contribution in [0.25, 0.3) is 0 Å². The molecule has 134 valence electrons. The molecular formula is C18H28N2O3S. The van der Waals surface area contributed by atoms with Crippen LogP contribution in [0.15, 0.2) is 24.3 Å². The summed E-state index contributed by atoms with van der Waals surface area (Å²) in [6.45, 7) is 8.63. The molecule has 1 heterocycles. The first-order chi connectivity index (χ1) is 11.1. The molecule has 24 heavy (non-hydrogen) atoms. The third-order valence-electron chi connectivity index (χ3n) is 4.15. The van der Waals surface area contributed by atoms with Crippen LogP contribution in [0.1, 0.15) is 44.7 Å². The maximum absolute atomic E-state index is 12.6. The molecule has 0 radical (unpaired) electrons. The lowest BCUT2D eigenvalue weighted by atomic mass is 9.96. The first-order valence-electron chi connectivity index (χ1n) is 8.42. The fourth-order valence-electron chi connectivity index (χ4n) is 2.97. The number of piperidine rings is 1. The van der Waals surface area contributed by atoms with Gasteiger partial charge >= 0.3 is 0 Å². The molecule has 0 aromatic heterocycles. The van der Waals surface area contributed by atoms with Gasteiger partial charge in [0.1, 0.15) is 0 Å². The van der Waals surface area contributed by atoms with Crippen molar-refractivity contribution in [3.63, 3.8) is 0 Å². The van der Waals surface area contributed by atoms with Gasteiger partial charge in [0.15, 0.2) is 0 Å². The fraction of sp³-hybridized carbons (Fsp3) is 0.611. The van der Waals surface area contributed by atoms with E-state index in [0.29, 0.717) is 25.9 Å². The zero-order valence-corrected chi connectivity index (χ0v) is 15.8. The van der Waals surface area contributed by atoms with E-state index in [1.807, 2.05) is 52.0 Å². The van der Waals surface area contributed by atoms with Gasteiger partial charge in [-0.2, -0.15) is 0 Å². The van der Waals surface area contributed by atoms with E-state index < -0.39 is 10.0 Å². The van der Waals surface area contributed by atoms with Crippen LogP contribution in [-0.4, -0.2) is 37.3 Å². The first kappa shape index (κ1) is 18.9. The predicted molar refractivity (Wildman–Crippen MR) is 96.0 cm³/mol.